The highest BCUT2D eigenvalue weighted by Crippen LogP contribution is 2.22. The number of aliphatic carboxylic acids is 1. The van der Waals surface area contributed by atoms with Gasteiger partial charge in [-0.3, -0.25) is 0 Å². The number of rotatable bonds is 3. The van der Waals surface area contributed by atoms with E-state index in [4.69, 9.17) is 0 Å². The molecule has 0 radical (unpaired) electrons. The highest BCUT2D eigenvalue weighted by molar-refractivity contribution is 5.65. The first-order valence-corrected chi connectivity index (χ1v) is 5.02. The van der Waals surface area contributed by atoms with Gasteiger partial charge in [0.25, 0.3) is 0 Å². The average molecular weight is 207 g/mol. The molecule has 3 heteroatoms. The smallest absolute Gasteiger partial charge is 0.116 e. The number of benzene rings is 1. The molecule has 0 bridgehead atoms. The van der Waals surface area contributed by atoms with Gasteiger partial charge in [0.1, 0.15) is 6.04 Å². The third kappa shape index (κ3) is 2.80. The summed E-state index contributed by atoms with van der Waals surface area (Å²) in [5, 5.41) is 10.5. The van der Waals surface area contributed by atoms with Crippen LogP contribution in [0.4, 0.5) is 0 Å². The largest absolute Gasteiger partial charge is 0.550 e. The second kappa shape index (κ2) is 4.45. The molecule has 0 aromatic heterocycles. The van der Waals surface area contributed by atoms with Gasteiger partial charge in [-0.15, -0.1) is 0 Å². The molecule has 0 aliphatic rings. The van der Waals surface area contributed by atoms with E-state index in [0.717, 1.165) is 16.7 Å². The summed E-state index contributed by atoms with van der Waals surface area (Å²) in [7, 11) is 0. The molecule has 0 spiro atoms. The van der Waals surface area contributed by atoms with Crippen LogP contribution < -0.4 is 10.8 Å². The Hall–Kier alpha value is -1.35. The number of carbonyl (C=O) groups is 1. The number of aryl methyl sites for hydroxylation is 3. The lowest BCUT2D eigenvalue weighted by molar-refractivity contribution is -0.430. The van der Waals surface area contributed by atoms with Crippen molar-refractivity contribution < 1.29 is 15.6 Å². The van der Waals surface area contributed by atoms with Gasteiger partial charge in [-0.05, 0) is 31.9 Å². The molecular formula is C12H17NO2. The van der Waals surface area contributed by atoms with Crippen LogP contribution in [0.2, 0.25) is 0 Å². The predicted octanol–water partition coefficient (Wildman–Crippen LogP) is 0.0349. The number of carboxylic acids is 1. The van der Waals surface area contributed by atoms with Crippen molar-refractivity contribution in [2.75, 3.05) is 0 Å². The van der Waals surface area contributed by atoms with Gasteiger partial charge < -0.3 is 15.6 Å². The zero-order chi connectivity index (χ0) is 11.6. The number of carbonyl (C=O) groups excluding carboxylic acids is 1. The lowest BCUT2D eigenvalue weighted by Crippen LogP contribution is -2.55. The van der Waals surface area contributed by atoms with Gasteiger partial charge in [0.15, 0.2) is 0 Å². The van der Waals surface area contributed by atoms with E-state index in [1.165, 1.54) is 5.56 Å². The van der Waals surface area contributed by atoms with Crippen LogP contribution in [0, 0.1) is 20.8 Å². The second-order valence-corrected chi connectivity index (χ2v) is 4.09. The van der Waals surface area contributed by atoms with Crippen molar-refractivity contribution in [3.63, 3.8) is 0 Å². The Bertz CT molecular complexity index is 362. The topological polar surface area (TPSA) is 67.8 Å². The van der Waals surface area contributed by atoms with E-state index in [1.807, 2.05) is 20.8 Å². The lowest BCUT2D eigenvalue weighted by atomic mass is 9.93. The minimum absolute atomic E-state index is 0.0231. The summed E-state index contributed by atoms with van der Waals surface area (Å²) < 4.78 is 0. The Balaban J connectivity index is 3.08. The fourth-order valence-electron chi connectivity index (χ4n) is 2.14. The number of quaternary nitrogens is 1. The van der Waals surface area contributed by atoms with Gasteiger partial charge >= 0.3 is 0 Å². The molecule has 0 heterocycles. The summed E-state index contributed by atoms with van der Waals surface area (Å²) in [4.78, 5) is 10.5. The van der Waals surface area contributed by atoms with E-state index < -0.39 is 5.97 Å². The third-order valence-corrected chi connectivity index (χ3v) is 2.56. The highest BCUT2D eigenvalue weighted by Gasteiger charge is 2.15. The van der Waals surface area contributed by atoms with E-state index in [0.29, 0.717) is 0 Å². The molecule has 1 aromatic rings. The van der Waals surface area contributed by atoms with Gasteiger partial charge in [0, 0.05) is 18.0 Å². The van der Waals surface area contributed by atoms with Gasteiger partial charge in [-0.25, -0.2) is 0 Å². The Morgan fingerprint density at radius 2 is 1.80 bits per heavy atom. The molecule has 0 aliphatic carbocycles. The van der Waals surface area contributed by atoms with Crippen molar-refractivity contribution in [1.29, 1.82) is 0 Å². The summed E-state index contributed by atoms with van der Waals surface area (Å²) in [6.45, 7) is 6.01. The number of carboxylic acid groups (broad SMARTS) is 1. The molecule has 82 valence electrons. The number of hydrogen-bond acceptors (Lipinski definition) is 2. The number of hydrogen-bond donors (Lipinski definition) is 1. The molecule has 0 unspecified atom stereocenters. The Morgan fingerprint density at radius 3 is 2.20 bits per heavy atom. The molecule has 3 N–H and O–H groups in total. The molecule has 15 heavy (non-hydrogen) atoms. The highest BCUT2D eigenvalue weighted by atomic mass is 16.4. The molecule has 0 fully saturated rings. The molecule has 3 nitrogen and oxygen atoms in total. The molecular weight excluding hydrogens is 190 g/mol. The van der Waals surface area contributed by atoms with Gasteiger partial charge in [-0.1, -0.05) is 17.7 Å². The van der Waals surface area contributed by atoms with Crippen LogP contribution >= 0.6 is 0 Å². The Kier molecular flexibility index (Phi) is 3.48. The molecule has 1 atom stereocenters. The van der Waals surface area contributed by atoms with Gasteiger partial charge in [-0.2, -0.15) is 0 Å². The van der Waals surface area contributed by atoms with Crippen molar-refractivity contribution in [1.82, 2.24) is 0 Å². The minimum Gasteiger partial charge on any atom is -0.550 e. The summed E-state index contributed by atoms with van der Waals surface area (Å²) in [5.74, 6) is -1.05. The monoisotopic (exact) mass is 207 g/mol. The summed E-state index contributed by atoms with van der Waals surface area (Å²) in [5.41, 5.74) is 8.31. The van der Waals surface area contributed by atoms with E-state index in [-0.39, 0.29) is 12.5 Å². The molecule has 0 saturated heterocycles. The van der Waals surface area contributed by atoms with Crippen LogP contribution in [0.5, 0.6) is 0 Å². The van der Waals surface area contributed by atoms with Gasteiger partial charge in [0.2, 0.25) is 0 Å². The van der Waals surface area contributed by atoms with E-state index in [1.54, 1.807) is 0 Å². The normalized spacial score (nSPS) is 12.5. The first-order valence-electron chi connectivity index (χ1n) is 5.02. The maximum absolute atomic E-state index is 10.5. The minimum atomic E-state index is -1.05. The molecule has 1 aromatic carbocycles. The standard InChI is InChI=1S/C12H17NO2/c1-7-4-8(2)12(9(3)5-7)10(13)6-11(14)15/h4-5,10H,6,13H2,1-3H3,(H,14,15)/t10-/m0/s1. The molecule has 0 amide bonds. The zero-order valence-corrected chi connectivity index (χ0v) is 9.46. The molecule has 1 rings (SSSR count). The SMILES string of the molecule is Cc1cc(C)c([C@@H]([NH3+])CC(=O)[O-])c(C)c1. The molecule has 0 aliphatic heterocycles. The van der Waals surface area contributed by atoms with Crippen LogP contribution in [0.15, 0.2) is 12.1 Å². The quantitative estimate of drug-likeness (QED) is 0.760. The van der Waals surface area contributed by atoms with Crippen LogP contribution in [-0.4, -0.2) is 5.97 Å². The lowest BCUT2D eigenvalue weighted by Gasteiger charge is -2.16. The van der Waals surface area contributed by atoms with E-state index in [2.05, 4.69) is 17.9 Å². The van der Waals surface area contributed by atoms with E-state index in [9.17, 15) is 9.90 Å². The predicted molar refractivity (Wildman–Crippen MR) is 55.9 cm³/mol. The fraction of sp³-hybridized carbons (Fsp3) is 0.417. The second-order valence-electron chi connectivity index (χ2n) is 4.09. The van der Waals surface area contributed by atoms with Crippen LogP contribution in [0.3, 0.4) is 0 Å². The third-order valence-electron chi connectivity index (χ3n) is 2.56. The zero-order valence-electron chi connectivity index (χ0n) is 9.46. The van der Waals surface area contributed by atoms with Crippen molar-refractivity contribution >= 4 is 5.97 Å². The van der Waals surface area contributed by atoms with Crippen molar-refractivity contribution in [2.45, 2.75) is 33.2 Å². The maximum Gasteiger partial charge on any atom is 0.116 e. The average Bonchev–Trinajstić information content (AvgIpc) is 1.99. The van der Waals surface area contributed by atoms with Crippen molar-refractivity contribution in [3.8, 4) is 0 Å². The van der Waals surface area contributed by atoms with Crippen LogP contribution in [0.25, 0.3) is 0 Å². The van der Waals surface area contributed by atoms with Crippen molar-refractivity contribution in [2.24, 2.45) is 0 Å². The van der Waals surface area contributed by atoms with Crippen LogP contribution in [-0.2, 0) is 4.79 Å². The van der Waals surface area contributed by atoms with Crippen LogP contribution in [0.1, 0.15) is 34.7 Å². The van der Waals surface area contributed by atoms with E-state index >= 15 is 0 Å². The summed E-state index contributed by atoms with van der Waals surface area (Å²) in [6.07, 6.45) is -0.0231. The Morgan fingerprint density at radius 1 is 1.33 bits per heavy atom. The first-order chi connectivity index (χ1) is 6.91. The first kappa shape index (κ1) is 11.7. The fourth-order valence-corrected chi connectivity index (χ4v) is 2.14. The molecule has 0 saturated carbocycles. The van der Waals surface area contributed by atoms with Crippen molar-refractivity contribution in [3.05, 3.63) is 34.4 Å². The summed E-state index contributed by atoms with van der Waals surface area (Å²) >= 11 is 0. The Labute approximate surface area is 89.9 Å². The van der Waals surface area contributed by atoms with Gasteiger partial charge in [0.05, 0.1) is 0 Å². The summed E-state index contributed by atoms with van der Waals surface area (Å²) in [6, 6.07) is 3.88. The maximum atomic E-state index is 10.5.